The quantitative estimate of drug-likeness (QED) is 0.516. The highest BCUT2D eigenvalue weighted by molar-refractivity contribution is 7.88. The van der Waals surface area contributed by atoms with Gasteiger partial charge in [0.1, 0.15) is 0 Å². The Hall–Kier alpha value is -0.210. The van der Waals surface area contributed by atoms with Crippen molar-refractivity contribution < 1.29 is 13.2 Å². The molecule has 126 valence electrons. The summed E-state index contributed by atoms with van der Waals surface area (Å²) in [5.74, 6) is 6.06. The number of hydrogen-bond acceptors (Lipinski definition) is 5. The molecule has 0 spiro atoms. The normalized spacial score (nSPS) is 25.5. The van der Waals surface area contributed by atoms with Gasteiger partial charge in [-0.25, -0.2) is 12.7 Å². The van der Waals surface area contributed by atoms with E-state index in [-0.39, 0.29) is 11.6 Å². The standard InChI is InChI=1S/C14H31N3O3S/c1-5-14(3,20-6-2)13(16-15)10-12-8-7-9-17(11-12)21(4,18)19/h12-13,16H,5-11,15H2,1-4H3. The van der Waals surface area contributed by atoms with Gasteiger partial charge in [0, 0.05) is 19.7 Å². The largest absolute Gasteiger partial charge is 0.374 e. The number of piperidine rings is 1. The second-order valence-electron chi connectivity index (χ2n) is 6.18. The van der Waals surface area contributed by atoms with Crippen LogP contribution in [0.25, 0.3) is 0 Å². The van der Waals surface area contributed by atoms with E-state index in [9.17, 15) is 8.42 Å². The van der Waals surface area contributed by atoms with E-state index < -0.39 is 10.0 Å². The molecule has 1 heterocycles. The average Bonchev–Trinajstić information content (AvgIpc) is 2.44. The van der Waals surface area contributed by atoms with Crippen molar-refractivity contribution >= 4 is 10.0 Å². The van der Waals surface area contributed by atoms with Crippen LogP contribution in [-0.2, 0) is 14.8 Å². The number of hydrazine groups is 1. The summed E-state index contributed by atoms with van der Waals surface area (Å²) in [6.07, 6.45) is 4.91. The molecule has 3 unspecified atom stereocenters. The summed E-state index contributed by atoms with van der Waals surface area (Å²) in [6.45, 7) is 7.99. The smallest absolute Gasteiger partial charge is 0.211 e. The van der Waals surface area contributed by atoms with Gasteiger partial charge in [-0.15, -0.1) is 0 Å². The summed E-state index contributed by atoms with van der Waals surface area (Å²) in [5.41, 5.74) is 2.56. The van der Waals surface area contributed by atoms with E-state index in [0.29, 0.717) is 25.6 Å². The molecule has 3 atom stereocenters. The molecule has 3 N–H and O–H groups in total. The van der Waals surface area contributed by atoms with Gasteiger partial charge in [-0.1, -0.05) is 6.92 Å². The van der Waals surface area contributed by atoms with E-state index in [2.05, 4.69) is 19.3 Å². The summed E-state index contributed by atoms with van der Waals surface area (Å²) < 4.78 is 30.9. The Kier molecular flexibility index (Phi) is 7.06. The minimum atomic E-state index is -3.10. The van der Waals surface area contributed by atoms with Gasteiger partial charge in [-0.05, 0) is 45.4 Å². The molecule has 1 aliphatic rings. The van der Waals surface area contributed by atoms with Crippen molar-refractivity contribution in [2.45, 2.75) is 58.1 Å². The van der Waals surface area contributed by atoms with E-state index in [4.69, 9.17) is 10.6 Å². The molecular weight excluding hydrogens is 290 g/mol. The van der Waals surface area contributed by atoms with Gasteiger partial charge in [0.05, 0.1) is 17.9 Å². The first-order chi connectivity index (χ1) is 9.76. The van der Waals surface area contributed by atoms with E-state index in [1.807, 2.05) is 6.92 Å². The fourth-order valence-electron chi connectivity index (χ4n) is 3.13. The van der Waals surface area contributed by atoms with Crippen molar-refractivity contribution in [1.82, 2.24) is 9.73 Å². The molecular formula is C14H31N3O3S. The van der Waals surface area contributed by atoms with Crippen LogP contribution in [0.5, 0.6) is 0 Å². The van der Waals surface area contributed by atoms with E-state index in [0.717, 1.165) is 25.7 Å². The molecule has 1 rings (SSSR count). The van der Waals surface area contributed by atoms with Crippen molar-refractivity contribution in [2.24, 2.45) is 11.8 Å². The van der Waals surface area contributed by atoms with E-state index in [1.165, 1.54) is 6.26 Å². The summed E-state index contributed by atoms with van der Waals surface area (Å²) in [5, 5.41) is 0. The minimum Gasteiger partial charge on any atom is -0.374 e. The number of nitrogens with two attached hydrogens (primary N) is 1. The zero-order chi connectivity index (χ0) is 16.1. The molecule has 0 bridgehead atoms. The summed E-state index contributed by atoms with van der Waals surface area (Å²) in [4.78, 5) is 0. The highest BCUT2D eigenvalue weighted by Crippen LogP contribution is 2.29. The van der Waals surface area contributed by atoms with Crippen LogP contribution in [0.3, 0.4) is 0 Å². The molecule has 7 heteroatoms. The number of nitrogens with one attached hydrogen (secondary N) is 1. The first-order valence-electron chi connectivity index (χ1n) is 7.82. The van der Waals surface area contributed by atoms with Crippen LogP contribution in [0, 0.1) is 5.92 Å². The van der Waals surface area contributed by atoms with Gasteiger partial charge >= 0.3 is 0 Å². The van der Waals surface area contributed by atoms with Crippen LogP contribution in [0.15, 0.2) is 0 Å². The van der Waals surface area contributed by atoms with Gasteiger partial charge in [-0.2, -0.15) is 0 Å². The lowest BCUT2D eigenvalue weighted by Crippen LogP contribution is -2.54. The molecule has 0 radical (unpaired) electrons. The third-order valence-electron chi connectivity index (χ3n) is 4.63. The second kappa shape index (κ2) is 7.87. The molecule has 0 aromatic carbocycles. The van der Waals surface area contributed by atoms with Gasteiger partial charge in [0.25, 0.3) is 0 Å². The Labute approximate surface area is 129 Å². The predicted octanol–water partition coefficient (Wildman–Crippen LogP) is 1.09. The zero-order valence-corrected chi connectivity index (χ0v) is 14.6. The summed E-state index contributed by atoms with van der Waals surface area (Å²) in [6, 6.07) is 0.0203. The first-order valence-corrected chi connectivity index (χ1v) is 9.66. The fourth-order valence-corrected chi connectivity index (χ4v) is 4.07. The monoisotopic (exact) mass is 321 g/mol. The van der Waals surface area contributed by atoms with Crippen LogP contribution in [0.4, 0.5) is 0 Å². The lowest BCUT2D eigenvalue weighted by Gasteiger charge is -2.40. The minimum absolute atomic E-state index is 0.0203. The highest BCUT2D eigenvalue weighted by atomic mass is 32.2. The van der Waals surface area contributed by atoms with Crippen molar-refractivity contribution in [3.63, 3.8) is 0 Å². The van der Waals surface area contributed by atoms with Gasteiger partial charge in [0.15, 0.2) is 0 Å². The number of sulfonamides is 1. The molecule has 6 nitrogen and oxygen atoms in total. The van der Waals surface area contributed by atoms with Crippen LogP contribution in [-0.4, -0.2) is 50.3 Å². The number of hydrogen-bond donors (Lipinski definition) is 2. The number of rotatable bonds is 8. The third-order valence-corrected chi connectivity index (χ3v) is 5.90. The van der Waals surface area contributed by atoms with Gasteiger partial charge in [0.2, 0.25) is 10.0 Å². The molecule has 0 amide bonds. The highest BCUT2D eigenvalue weighted by Gasteiger charge is 2.36. The molecule has 0 saturated carbocycles. The van der Waals surface area contributed by atoms with Crippen LogP contribution < -0.4 is 11.3 Å². The summed E-state index contributed by atoms with van der Waals surface area (Å²) >= 11 is 0. The van der Waals surface area contributed by atoms with E-state index in [1.54, 1.807) is 4.31 Å². The second-order valence-corrected chi connectivity index (χ2v) is 8.17. The molecule has 0 aromatic rings. The van der Waals surface area contributed by atoms with Crippen molar-refractivity contribution in [2.75, 3.05) is 26.0 Å². The van der Waals surface area contributed by atoms with E-state index >= 15 is 0 Å². The maximum absolute atomic E-state index is 11.7. The van der Waals surface area contributed by atoms with Gasteiger partial charge < -0.3 is 4.74 Å². The van der Waals surface area contributed by atoms with Gasteiger partial charge in [-0.3, -0.25) is 11.3 Å². The molecule has 21 heavy (non-hydrogen) atoms. The lowest BCUT2D eigenvalue weighted by molar-refractivity contribution is -0.0615. The molecule has 0 aromatic heterocycles. The molecule has 1 aliphatic heterocycles. The fraction of sp³-hybridized carbons (Fsp3) is 1.00. The SMILES string of the molecule is CCOC(C)(CC)C(CC1CCCN(S(C)(=O)=O)C1)NN. The summed E-state index contributed by atoms with van der Waals surface area (Å²) in [7, 11) is -3.10. The Balaban J connectivity index is 2.72. The maximum atomic E-state index is 11.7. The Bertz CT molecular complexity index is 416. The zero-order valence-electron chi connectivity index (χ0n) is 13.8. The molecule has 0 aliphatic carbocycles. The Morgan fingerprint density at radius 2 is 2.14 bits per heavy atom. The van der Waals surface area contributed by atoms with Crippen LogP contribution >= 0.6 is 0 Å². The number of ether oxygens (including phenoxy) is 1. The predicted molar refractivity (Wildman–Crippen MR) is 85.2 cm³/mol. The van der Waals surface area contributed by atoms with Crippen molar-refractivity contribution in [3.8, 4) is 0 Å². The van der Waals surface area contributed by atoms with Crippen LogP contribution in [0.1, 0.15) is 46.5 Å². The first kappa shape index (κ1) is 18.8. The maximum Gasteiger partial charge on any atom is 0.211 e. The molecule has 1 saturated heterocycles. The Morgan fingerprint density at radius 1 is 1.48 bits per heavy atom. The van der Waals surface area contributed by atoms with Crippen LogP contribution in [0.2, 0.25) is 0 Å². The average molecular weight is 321 g/mol. The topological polar surface area (TPSA) is 84.7 Å². The number of nitrogens with zero attached hydrogens (tertiary/aromatic N) is 1. The lowest BCUT2D eigenvalue weighted by atomic mass is 9.83. The third kappa shape index (κ3) is 5.17. The molecule has 1 fully saturated rings. The van der Waals surface area contributed by atoms with Crippen molar-refractivity contribution in [3.05, 3.63) is 0 Å². The Morgan fingerprint density at radius 3 is 2.62 bits per heavy atom. The van der Waals surface area contributed by atoms with Crippen molar-refractivity contribution in [1.29, 1.82) is 0 Å².